The minimum atomic E-state index is -0.402. The third-order valence-corrected chi connectivity index (χ3v) is 12.5. The second kappa shape index (κ2) is 12.9. The SMILES string of the molecule is CCN1C(=O)[N+](=C2C(=CC=C3N(C)c4ccc5ccccc5c4C3(C)C)CCC2=CC=C2N(C)c3ccc4ccccc4c3C2(C)C)C(=O)N(CC)C1=S. The van der Waals surface area contributed by atoms with Gasteiger partial charge in [-0.2, -0.15) is 9.80 Å². The van der Waals surface area contributed by atoms with Gasteiger partial charge >= 0.3 is 17.2 Å². The van der Waals surface area contributed by atoms with Gasteiger partial charge in [-0.3, -0.25) is 0 Å². The molecule has 1 saturated carbocycles. The van der Waals surface area contributed by atoms with Crippen molar-refractivity contribution < 1.29 is 14.2 Å². The van der Waals surface area contributed by atoms with Crippen LogP contribution in [0.1, 0.15) is 65.5 Å². The number of imide groups is 1. The second-order valence-corrected chi connectivity index (χ2v) is 16.1. The largest absolute Gasteiger partial charge is 0.454 e. The fourth-order valence-electron chi connectivity index (χ4n) is 9.44. The van der Waals surface area contributed by atoms with Crippen molar-refractivity contribution in [2.45, 2.75) is 65.2 Å². The molecule has 4 amide bonds. The molecule has 8 heteroatoms. The second-order valence-electron chi connectivity index (χ2n) is 15.7. The summed E-state index contributed by atoms with van der Waals surface area (Å²) < 4.78 is 1.38. The zero-order chi connectivity index (χ0) is 38.3. The smallest absolute Gasteiger partial charge is 0.347 e. The van der Waals surface area contributed by atoms with Crippen molar-refractivity contribution in [1.82, 2.24) is 9.80 Å². The van der Waals surface area contributed by atoms with Gasteiger partial charge in [0.1, 0.15) is 5.71 Å². The first-order valence-electron chi connectivity index (χ1n) is 19.0. The first-order chi connectivity index (χ1) is 25.8. The van der Waals surface area contributed by atoms with Crippen LogP contribution >= 0.6 is 12.2 Å². The number of fused-ring (bicyclic) bond motifs is 6. The maximum atomic E-state index is 14.3. The van der Waals surface area contributed by atoms with Gasteiger partial charge in [0.2, 0.25) is 0 Å². The molecule has 0 bridgehead atoms. The van der Waals surface area contributed by atoms with Crippen LogP contribution in [0.5, 0.6) is 0 Å². The molecule has 7 nitrogen and oxygen atoms in total. The molecule has 274 valence electrons. The summed E-state index contributed by atoms with van der Waals surface area (Å²) in [6, 6.07) is 25.1. The summed E-state index contributed by atoms with van der Waals surface area (Å²) in [6.07, 6.45) is 10.0. The van der Waals surface area contributed by atoms with E-state index in [4.69, 9.17) is 12.2 Å². The van der Waals surface area contributed by atoms with Gasteiger partial charge < -0.3 is 9.80 Å². The van der Waals surface area contributed by atoms with Crippen molar-refractivity contribution in [3.05, 3.63) is 131 Å². The number of hydrogen-bond donors (Lipinski definition) is 0. The number of amides is 4. The highest BCUT2D eigenvalue weighted by molar-refractivity contribution is 7.80. The molecule has 8 rings (SSSR count). The number of carbonyl (C=O) groups excluding carboxylic acids is 2. The molecule has 0 spiro atoms. The highest BCUT2D eigenvalue weighted by atomic mass is 32.1. The van der Waals surface area contributed by atoms with Crippen molar-refractivity contribution in [2.75, 3.05) is 37.0 Å². The highest BCUT2D eigenvalue weighted by Crippen LogP contribution is 2.51. The van der Waals surface area contributed by atoms with E-state index in [-0.39, 0.29) is 15.9 Å². The molecule has 1 saturated heterocycles. The molecule has 0 aromatic heterocycles. The third-order valence-electron chi connectivity index (χ3n) is 12.1. The molecule has 4 aliphatic rings. The van der Waals surface area contributed by atoms with Gasteiger partial charge in [0.25, 0.3) is 0 Å². The van der Waals surface area contributed by atoms with Crippen LogP contribution < -0.4 is 9.80 Å². The van der Waals surface area contributed by atoms with E-state index in [9.17, 15) is 9.59 Å². The van der Waals surface area contributed by atoms with Crippen molar-refractivity contribution in [3.63, 3.8) is 0 Å². The van der Waals surface area contributed by atoms with E-state index in [1.165, 1.54) is 58.4 Å². The maximum absolute atomic E-state index is 14.3. The highest BCUT2D eigenvalue weighted by Gasteiger charge is 2.49. The lowest BCUT2D eigenvalue weighted by atomic mass is 9.81. The lowest BCUT2D eigenvalue weighted by molar-refractivity contribution is -0.345. The first-order valence-corrected chi connectivity index (χ1v) is 19.4. The number of urea groups is 2. The molecule has 4 aromatic rings. The monoisotopic (exact) mass is 734 g/mol. The Balaban J connectivity index is 1.28. The first kappa shape index (κ1) is 35.7. The number of allylic oxidation sites excluding steroid dienone is 8. The average molecular weight is 735 g/mol. The van der Waals surface area contributed by atoms with Gasteiger partial charge in [-0.25, -0.2) is 9.59 Å². The molecular weight excluding hydrogens is 687 g/mol. The van der Waals surface area contributed by atoms with Crippen molar-refractivity contribution in [1.29, 1.82) is 0 Å². The van der Waals surface area contributed by atoms with Crippen LogP contribution in [0.4, 0.5) is 21.0 Å². The molecule has 4 aromatic carbocycles. The summed E-state index contributed by atoms with van der Waals surface area (Å²) in [6.45, 7) is 13.6. The lowest BCUT2D eigenvalue weighted by Gasteiger charge is -2.29. The van der Waals surface area contributed by atoms with E-state index >= 15 is 0 Å². The Hall–Kier alpha value is -5.34. The molecule has 1 aliphatic carbocycles. The van der Waals surface area contributed by atoms with Gasteiger partial charge in [0.05, 0.1) is 13.1 Å². The van der Waals surface area contributed by atoms with Crippen LogP contribution in [0.25, 0.3) is 21.5 Å². The fraction of sp³-hybridized carbons (Fsp3) is 0.304. The third kappa shape index (κ3) is 5.13. The maximum Gasteiger partial charge on any atom is 0.454 e. The normalized spacial score (nSPS) is 22.4. The van der Waals surface area contributed by atoms with Crippen LogP contribution in [0.2, 0.25) is 0 Å². The standard InChI is InChI=1S/C46H48N5O2S/c1-9-49-42(52)51(43(53)50(10-2)44(49)54)41-31(23-27-37-45(3,4)39-33-17-13-11-15-29(33)21-25-35(39)47(37)7)19-20-32(41)24-28-38-46(5,6)40-34-18-14-12-16-30(34)22-26-36(40)48(38)8/h11-18,21-28H,9-10,19-20H2,1-8H3/q+1. The Morgan fingerprint density at radius 2 is 1.04 bits per heavy atom. The number of benzene rings is 4. The zero-order valence-corrected chi connectivity index (χ0v) is 33.3. The Labute approximate surface area is 323 Å². The average Bonchev–Trinajstić information content (AvgIpc) is 3.70. The van der Waals surface area contributed by atoms with Crippen LogP contribution in [-0.4, -0.2) is 64.4 Å². The predicted octanol–water partition coefficient (Wildman–Crippen LogP) is 10.2. The van der Waals surface area contributed by atoms with Gasteiger partial charge in [0.15, 0.2) is 0 Å². The molecule has 2 fully saturated rings. The molecule has 0 radical (unpaired) electrons. The van der Waals surface area contributed by atoms with E-state index in [0.29, 0.717) is 31.6 Å². The molecule has 3 aliphatic heterocycles. The van der Waals surface area contributed by atoms with Gasteiger partial charge in [-0.05, 0) is 107 Å². The van der Waals surface area contributed by atoms with Crippen LogP contribution in [0, 0.1) is 0 Å². The number of thiocarbonyl (C=S) groups is 1. The Morgan fingerprint density at radius 3 is 1.44 bits per heavy atom. The van der Waals surface area contributed by atoms with Gasteiger partial charge in [0, 0.05) is 47.7 Å². The molecule has 0 N–H and O–H groups in total. The molecular formula is C46H48N5O2S+. The van der Waals surface area contributed by atoms with E-state index in [2.05, 4.69) is 149 Å². The van der Waals surface area contributed by atoms with E-state index in [1.54, 1.807) is 0 Å². The minimum Gasteiger partial charge on any atom is -0.347 e. The van der Waals surface area contributed by atoms with Gasteiger partial charge in [-0.15, -0.1) is 4.58 Å². The number of likely N-dealkylation sites (N-methyl/N-ethyl adjacent to an activating group) is 2. The summed E-state index contributed by atoms with van der Waals surface area (Å²) in [5.41, 5.74) is 9.31. The minimum absolute atomic E-state index is 0.254. The number of rotatable bonds is 4. The Morgan fingerprint density at radius 1 is 0.630 bits per heavy atom. The summed E-state index contributed by atoms with van der Waals surface area (Å²) in [5, 5.41) is 5.21. The number of nitrogens with zero attached hydrogens (tertiary/aromatic N) is 5. The topological polar surface area (TPSA) is 50.1 Å². The van der Waals surface area contributed by atoms with Crippen molar-refractivity contribution in [3.8, 4) is 0 Å². The summed E-state index contributed by atoms with van der Waals surface area (Å²) >= 11 is 5.66. The van der Waals surface area contributed by atoms with Crippen molar-refractivity contribution >= 4 is 68.0 Å². The molecule has 0 unspecified atom stereocenters. The number of hydrogen-bond acceptors (Lipinski definition) is 5. The lowest BCUT2D eigenvalue weighted by Crippen LogP contribution is -2.61. The summed E-state index contributed by atoms with van der Waals surface area (Å²) in [4.78, 5) is 36.2. The zero-order valence-electron chi connectivity index (χ0n) is 32.5. The Bertz CT molecular complexity index is 2310. The summed E-state index contributed by atoms with van der Waals surface area (Å²) in [7, 11) is 4.25. The van der Waals surface area contributed by atoms with Crippen LogP contribution in [0.3, 0.4) is 0 Å². The van der Waals surface area contributed by atoms with Gasteiger partial charge in [-0.1, -0.05) is 101 Å². The molecule has 54 heavy (non-hydrogen) atoms. The Kier molecular flexibility index (Phi) is 8.53. The van der Waals surface area contributed by atoms with E-state index in [0.717, 1.165) is 22.5 Å². The van der Waals surface area contributed by atoms with Crippen LogP contribution in [-0.2, 0) is 10.8 Å². The van der Waals surface area contributed by atoms with Crippen molar-refractivity contribution in [2.24, 2.45) is 0 Å². The number of anilines is 2. The predicted molar refractivity (Wildman–Crippen MR) is 226 cm³/mol. The number of carbonyl (C=O) groups is 2. The van der Waals surface area contributed by atoms with Crippen LogP contribution in [0.15, 0.2) is 120 Å². The van der Waals surface area contributed by atoms with E-state index in [1.807, 2.05) is 13.8 Å². The molecule has 0 atom stereocenters. The fourth-order valence-corrected chi connectivity index (χ4v) is 9.85. The molecule has 3 heterocycles. The quantitative estimate of drug-likeness (QED) is 0.154. The summed E-state index contributed by atoms with van der Waals surface area (Å²) in [5.74, 6) is 0. The van der Waals surface area contributed by atoms with E-state index < -0.39 is 12.1 Å².